The first-order valence-corrected chi connectivity index (χ1v) is 10.1. The van der Waals surface area contributed by atoms with Gasteiger partial charge in [0.05, 0.1) is 0 Å². The predicted molar refractivity (Wildman–Crippen MR) is 86.8 cm³/mol. The SMILES string of the molecule is CC(C)N1CCN(C2CCN([SH](C)S)CC2)CC1. The molecule has 0 aliphatic carbocycles. The van der Waals surface area contributed by atoms with Crippen LogP contribution in [-0.2, 0) is 0 Å². The second kappa shape index (κ2) is 6.84. The molecule has 5 heteroatoms. The third-order valence-electron chi connectivity index (χ3n) is 4.45. The molecule has 0 aromatic carbocycles. The van der Waals surface area contributed by atoms with Crippen LogP contribution in [0.25, 0.3) is 0 Å². The van der Waals surface area contributed by atoms with Gasteiger partial charge in [0.1, 0.15) is 0 Å². The van der Waals surface area contributed by atoms with E-state index < -0.39 is 0 Å². The minimum absolute atomic E-state index is 0.170. The van der Waals surface area contributed by atoms with Crippen molar-refractivity contribution in [1.82, 2.24) is 14.1 Å². The quantitative estimate of drug-likeness (QED) is 0.607. The van der Waals surface area contributed by atoms with E-state index in [1.54, 1.807) is 0 Å². The average molecular weight is 292 g/mol. The normalized spacial score (nSPS) is 28.8. The summed E-state index contributed by atoms with van der Waals surface area (Å²) in [5.74, 6) is 0. The molecule has 1 atom stereocenters. The molecule has 2 heterocycles. The van der Waals surface area contributed by atoms with Gasteiger partial charge in [-0.1, -0.05) is 0 Å². The molecular weight excluding hydrogens is 262 g/mol. The Balaban J connectivity index is 1.75. The first kappa shape index (κ1) is 15.0. The summed E-state index contributed by atoms with van der Waals surface area (Å²) in [4.78, 5) is 5.33. The lowest BCUT2D eigenvalue weighted by Gasteiger charge is -2.44. The van der Waals surface area contributed by atoms with E-state index in [4.69, 9.17) is 0 Å². The third-order valence-corrected chi connectivity index (χ3v) is 6.42. The van der Waals surface area contributed by atoms with Crippen molar-refractivity contribution in [2.75, 3.05) is 45.5 Å². The van der Waals surface area contributed by atoms with Crippen LogP contribution >= 0.6 is 21.8 Å². The fraction of sp³-hybridized carbons (Fsp3) is 1.00. The van der Waals surface area contributed by atoms with Gasteiger partial charge >= 0.3 is 0 Å². The summed E-state index contributed by atoms with van der Waals surface area (Å²) in [5.41, 5.74) is 0. The zero-order valence-corrected chi connectivity index (χ0v) is 13.8. The Labute approximate surface area is 120 Å². The van der Waals surface area contributed by atoms with E-state index in [9.17, 15) is 0 Å². The maximum Gasteiger partial charge on any atom is 0.0121 e. The predicted octanol–water partition coefficient (Wildman–Crippen LogP) is 1.87. The standard InChI is InChI=1S/C13H29N3S2/c1-12(2)14-8-10-15(11-9-14)13-4-6-16(7-5-13)18(3)17/h12-13,17-18H,4-11H2,1-3H3. The van der Waals surface area contributed by atoms with E-state index in [-0.39, 0.29) is 10.1 Å². The van der Waals surface area contributed by atoms with Gasteiger partial charge in [0.25, 0.3) is 0 Å². The van der Waals surface area contributed by atoms with Gasteiger partial charge < -0.3 is 0 Å². The number of piperidine rings is 1. The molecule has 0 radical (unpaired) electrons. The molecule has 0 saturated carbocycles. The summed E-state index contributed by atoms with van der Waals surface area (Å²) in [7, 11) is -0.170. The Kier molecular flexibility index (Phi) is 5.69. The maximum absolute atomic E-state index is 4.60. The lowest BCUT2D eigenvalue weighted by atomic mass is 10.0. The molecule has 0 N–H and O–H groups in total. The van der Waals surface area contributed by atoms with Crippen LogP contribution in [0, 0.1) is 0 Å². The fourth-order valence-corrected chi connectivity index (χ4v) is 4.47. The Morgan fingerprint density at radius 2 is 1.56 bits per heavy atom. The number of hydrogen-bond acceptors (Lipinski definition) is 4. The molecule has 0 aromatic heterocycles. The molecule has 2 aliphatic rings. The van der Waals surface area contributed by atoms with Gasteiger partial charge in [0.2, 0.25) is 0 Å². The van der Waals surface area contributed by atoms with Crippen molar-refractivity contribution in [2.24, 2.45) is 0 Å². The van der Waals surface area contributed by atoms with Crippen molar-refractivity contribution in [3.05, 3.63) is 0 Å². The topological polar surface area (TPSA) is 9.72 Å². The monoisotopic (exact) mass is 291 g/mol. The van der Waals surface area contributed by atoms with Gasteiger partial charge in [-0.3, -0.25) is 14.1 Å². The molecule has 1 unspecified atom stereocenters. The van der Waals surface area contributed by atoms with Crippen LogP contribution in [0.2, 0.25) is 0 Å². The van der Waals surface area contributed by atoms with Gasteiger partial charge in [0, 0.05) is 51.4 Å². The number of rotatable bonds is 3. The molecule has 0 spiro atoms. The van der Waals surface area contributed by atoms with Gasteiger partial charge in [-0.25, -0.2) is 0 Å². The second-order valence-electron chi connectivity index (χ2n) is 5.84. The Hall–Kier alpha value is 0.580. The molecule has 2 aliphatic heterocycles. The molecule has 108 valence electrons. The highest BCUT2D eigenvalue weighted by Crippen LogP contribution is 2.34. The smallest absolute Gasteiger partial charge is 0.0121 e. The summed E-state index contributed by atoms with van der Waals surface area (Å²) >= 11 is 4.60. The Morgan fingerprint density at radius 3 is 2.00 bits per heavy atom. The summed E-state index contributed by atoms with van der Waals surface area (Å²) in [6, 6.07) is 1.54. The van der Waals surface area contributed by atoms with Crippen molar-refractivity contribution in [3.63, 3.8) is 0 Å². The van der Waals surface area contributed by atoms with Crippen LogP contribution in [-0.4, -0.2) is 71.7 Å². The van der Waals surface area contributed by atoms with Gasteiger partial charge in [0.15, 0.2) is 0 Å². The number of nitrogens with zero attached hydrogens (tertiary/aromatic N) is 3. The van der Waals surface area contributed by atoms with Crippen LogP contribution in [0.4, 0.5) is 0 Å². The average Bonchev–Trinajstić information content (AvgIpc) is 2.39. The van der Waals surface area contributed by atoms with Crippen LogP contribution < -0.4 is 0 Å². The number of piperazine rings is 1. The summed E-state index contributed by atoms with van der Waals surface area (Å²) in [5, 5.41) is 0. The minimum Gasteiger partial charge on any atom is -0.298 e. The van der Waals surface area contributed by atoms with Gasteiger partial charge in [-0.2, -0.15) is 10.1 Å². The molecule has 0 aromatic rings. The zero-order chi connectivity index (χ0) is 13.1. The molecule has 2 rings (SSSR count). The van der Waals surface area contributed by atoms with Crippen molar-refractivity contribution in [1.29, 1.82) is 0 Å². The van der Waals surface area contributed by atoms with E-state index in [1.807, 2.05) is 0 Å². The molecule has 3 nitrogen and oxygen atoms in total. The van der Waals surface area contributed by atoms with E-state index in [2.05, 4.69) is 45.9 Å². The van der Waals surface area contributed by atoms with E-state index in [1.165, 1.54) is 52.1 Å². The second-order valence-corrected chi connectivity index (χ2v) is 9.12. The molecule has 2 saturated heterocycles. The number of hydrogen-bond donors (Lipinski definition) is 2. The zero-order valence-electron chi connectivity index (χ0n) is 12.0. The van der Waals surface area contributed by atoms with Crippen molar-refractivity contribution in [3.8, 4) is 0 Å². The van der Waals surface area contributed by atoms with Crippen LogP contribution in [0.5, 0.6) is 0 Å². The highest BCUT2D eigenvalue weighted by molar-refractivity contribution is 8.76. The van der Waals surface area contributed by atoms with Crippen LogP contribution in [0.1, 0.15) is 26.7 Å². The van der Waals surface area contributed by atoms with Crippen molar-refractivity contribution < 1.29 is 0 Å². The van der Waals surface area contributed by atoms with Crippen molar-refractivity contribution >= 4 is 21.8 Å². The highest BCUT2D eigenvalue weighted by atomic mass is 33.1. The van der Waals surface area contributed by atoms with Crippen molar-refractivity contribution in [2.45, 2.75) is 38.8 Å². The van der Waals surface area contributed by atoms with Crippen LogP contribution in [0.3, 0.4) is 0 Å². The van der Waals surface area contributed by atoms with Gasteiger partial charge in [-0.05, 0) is 32.9 Å². The maximum atomic E-state index is 4.60. The summed E-state index contributed by atoms with van der Waals surface area (Å²) in [6.45, 7) is 12.2. The summed E-state index contributed by atoms with van der Waals surface area (Å²) in [6.07, 6.45) is 4.93. The first-order valence-electron chi connectivity index (χ1n) is 7.23. The number of thiol groups is 2. The lowest BCUT2D eigenvalue weighted by molar-refractivity contribution is 0.0603. The van der Waals surface area contributed by atoms with E-state index in [0.29, 0.717) is 6.04 Å². The van der Waals surface area contributed by atoms with Crippen LogP contribution in [0.15, 0.2) is 0 Å². The Bertz CT molecular complexity index is 219. The minimum atomic E-state index is -0.170. The molecular formula is C13H29N3S2. The van der Waals surface area contributed by atoms with E-state index in [0.717, 1.165) is 6.04 Å². The largest absolute Gasteiger partial charge is 0.298 e. The fourth-order valence-electron chi connectivity index (χ4n) is 3.13. The third kappa shape index (κ3) is 3.79. The summed E-state index contributed by atoms with van der Waals surface area (Å²) < 4.78 is 2.55. The molecule has 18 heavy (non-hydrogen) atoms. The first-order chi connectivity index (χ1) is 8.58. The highest BCUT2D eigenvalue weighted by Gasteiger charge is 2.28. The van der Waals surface area contributed by atoms with E-state index >= 15 is 0 Å². The Morgan fingerprint density at radius 1 is 1.00 bits per heavy atom. The lowest BCUT2D eigenvalue weighted by Crippen LogP contribution is -2.54. The molecule has 2 fully saturated rings. The molecule has 0 bridgehead atoms. The molecule has 0 amide bonds. The van der Waals surface area contributed by atoms with Gasteiger partial charge in [-0.15, -0.1) is 11.7 Å².